The van der Waals surface area contributed by atoms with Gasteiger partial charge in [0.15, 0.2) is 0 Å². The van der Waals surface area contributed by atoms with Gasteiger partial charge in [-0.05, 0) is 72.1 Å². The number of rotatable bonds is 14. The molecule has 2 aromatic carbocycles. The number of nitrogens with one attached hydrogen (secondary N) is 1. The minimum atomic E-state index is -1.01. The molecule has 0 spiro atoms. The van der Waals surface area contributed by atoms with E-state index < -0.39 is 12.0 Å². The van der Waals surface area contributed by atoms with Crippen LogP contribution >= 0.6 is 11.8 Å². The van der Waals surface area contributed by atoms with Crippen molar-refractivity contribution in [3.8, 4) is 11.1 Å². The molecule has 0 aromatic heterocycles. The minimum Gasteiger partial charge on any atom is -0.480 e. The van der Waals surface area contributed by atoms with E-state index in [4.69, 9.17) is 4.74 Å². The van der Waals surface area contributed by atoms with Gasteiger partial charge in [0.1, 0.15) is 6.04 Å². The second-order valence-corrected chi connectivity index (χ2v) is 10.9. The number of carbonyl (C=O) groups excluding carboxylic acids is 1. The largest absolute Gasteiger partial charge is 0.480 e. The predicted molar refractivity (Wildman–Crippen MR) is 149 cm³/mol. The van der Waals surface area contributed by atoms with Crippen molar-refractivity contribution in [1.82, 2.24) is 5.32 Å². The third kappa shape index (κ3) is 8.67. The van der Waals surface area contributed by atoms with Crippen molar-refractivity contribution in [3.05, 3.63) is 59.2 Å². The number of hydrogen-bond acceptors (Lipinski definition) is 4. The second kappa shape index (κ2) is 15.1. The number of carboxylic acid groups (broad SMARTS) is 1. The van der Waals surface area contributed by atoms with Crippen LogP contribution in [0.5, 0.6) is 0 Å². The molecule has 1 aliphatic carbocycles. The number of aliphatic carboxylic acids is 1. The second-order valence-electron chi connectivity index (χ2n) is 9.89. The van der Waals surface area contributed by atoms with Crippen LogP contribution in [0.4, 0.5) is 0 Å². The van der Waals surface area contributed by atoms with E-state index in [1.54, 1.807) is 17.8 Å². The fraction of sp³-hybridized carbons (Fsp3) is 0.533. The lowest BCUT2D eigenvalue weighted by Gasteiger charge is -2.21. The predicted octanol–water partition coefficient (Wildman–Crippen LogP) is 6.87. The highest BCUT2D eigenvalue weighted by Gasteiger charge is 2.22. The Bertz CT molecular complexity index is 987. The first-order valence-electron chi connectivity index (χ1n) is 13.3. The quantitative estimate of drug-likeness (QED) is 0.271. The van der Waals surface area contributed by atoms with Gasteiger partial charge in [-0.3, -0.25) is 4.79 Å². The Labute approximate surface area is 220 Å². The smallest absolute Gasteiger partial charge is 0.326 e. The Kier molecular flexibility index (Phi) is 11.8. The molecule has 1 amide bonds. The molecule has 1 aliphatic rings. The Hall–Kier alpha value is -2.31. The van der Waals surface area contributed by atoms with Crippen molar-refractivity contribution >= 4 is 23.6 Å². The lowest BCUT2D eigenvalue weighted by molar-refractivity contribution is -0.139. The highest BCUT2D eigenvalue weighted by atomic mass is 32.2. The van der Waals surface area contributed by atoms with E-state index in [1.807, 2.05) is 49.6 Å². The third-order valence-corrected chi connectivity index (χ3v) is 7.77. The molecule has 0 aliphatic heterocycles. The normalized spacial score (nSPS) is 14.9. The summed E-state index contributed by atoms with van der Waals surface area (Å²) in [6.45, 7) is 3.26. The van der Waals surface area contributed by atoms with Crippen molar-refractivity contribution in [3.63, 3.8) is 0 Å². The zero-order chi connectivity index (χ0) is 25.8. The van der Waals surface area contributed by atoms with Crippen LogP contribution in [0.1, 0.15) is 79.3 Å². The lowest BCUT2D eigenvalue weighted by atomic mass is 9.86. The van der Waals surface area contributed by atoms with E-state index in [2.05, 4.69) is 5.32 Å². The van der Waals surface area contributed by atoms with Crippen molar-refractivity contribution in [2.45, 2.75) is 77.4 Å². The molecule has 3 rings (SSSR count). The monoisotopic (exact) mass is 511 g/mol. The van der Waals surface area contributed by atoms with Crippen molar-refractivity contribution in [2.24, 2.45) is 5.92 Å². The van der Waals surface area contributed by atoms with Crippen LogP contribution in [0.15, 0.2) is 42.5 Å². The van der Waals surface area contributed by atoms with Crippen LogP contribution in [-0.4, -0.2) is 41.6 Å². The maximum Gasteiger partial charge on any atom is 0.326 e. The number of unbranched alkanes of at least 4 members (excludes halogenated alkanes) is 1. The van der Waals surface area contributed by atoms with Gasteiger partial charge in [0.2, 0.25) is 0 Å². The molecule has 0 bridgehead atoms. The number of hydrogen-bond donors (Lipinski definition) is 2. The number of thioether (sulfide) groups is 1. The van der Waals surface area contributed by atoms with Gasteiger partial charge in [0.25, 0.3) is 5.91 Å². The van der Waals surface area contributed by atoms with Crippen LogP contribution in [0, 0.1) is 12.8 Å². The van der Waals surface area contributed by atoms with Crippen molar-refractivity contribution in [1.29, 1.82) is 0 Å². The summed E-state index contributed by atoms with van der Waals surface area (Å²) in [4.78, 5) is 24.9. The van der Waals surface area contributed by atoms with Crippen LogP contribution in [0.25, 0.3) is 11.1 Å². The lowest BCUT2D eigenvalue weighted by Crippen LogP contribution is -2.41. The van der Waals surface area contributed by atoms with Crippen LogP contribution < -0.4 is 5.32 Å². The average molecular weight is 512 g/mol. The van der Waals surface area contributed by atoms with Crippen LogP contribution in [0.3, 0.4) is 0 Å². The molecule has 0 unspecified atom stereocenters. The Morgan fingerprint density at radius 3 is 2.58 bits per heavy atom. The Morgan fingerprint density at radius 1 is 1.08 bits per heavy atom. The molecule has 2 aromatic rings. The first kappa shape index (κ1) is 28.3. The van der Waals surface area contributed by atoms with Gasteiger partial charge in [0.05, 0.1) is 6.61 Å². The highest BCUT2D eigenvalue weighted by molar-refractivity contribution is 7.98. The fourth-order valence-electron chi connectivity index (χ4n) is 5.01. The van der Waals surface area contributed by atoms with Crippen molar-refractivity contribution < 1.29 is 19.4 Å². The Balaban J connectivity index is 1.65. The van der Waals surface area contributed by atoms with E-state index in [0.717, 1.165) is 41.2 Å². The van der Waals surface area contributed by atoms with E-state index in [1.165, 1.54) is 44.9 Å². The van der Waals surface area contributed by atoms with Gasteiger partial charge in [0, 0.05) is 12.2 Å². The molecule has 6 heteroatoms. The summed E-state index contributed by atoms with van der Waals surface area (Å²) in [5, 5.41) is 12.3. The molecular formula is C30H41NO4S. The number of carbonyl (C=O) groups is 2. The van der Waals surface area contributed by atoms with Gasteiger partial charge < -0.3 is 15.2 Å². The summed E-state index contributed by atoms with van der Waals surface area (Å²) >= 11 is 1.57. The number of aryl methyl sites for hydroxylation is 1. The van der Waals surface area contributed by atoms with Gasteiger partial charge in [-0.25, -0.2) is 4.79 Å². The minimum absolute atomic E-state index is 0.364. The first-order chi connectivity index (χ1) is 17.5. The first-order valence-corrected chi connectivity index (χ1v) is 14.7. The molecule has 1 fully saturated rings. The molecular weight excluding hydrogens is 470 g/mol. The maximum absolute atomic E-state index is 13.2. The zero-order valence-electron chi connectivity index (χ0n) is 21.8. The summed E-state index contributed by atoms with van der Waals surface area (Å²) in [7, 11) is 0. The number of amides is 1. The number of benzene rings is 2. The molecule has 196 valence electrons. The zero-order valence-corrected chi connectivity index (χ0v) is 22.6. The van der Waals surface area contributed by atoms with Crippen molar-refractivity contribution in [2.75, 3.05) is 18.6 Å². The molecule has 5 nitrogen and oxygen atoms in total. The fourth-order valence-corrected chi connectivity index (χ4v) is 5.48. The van der Waals surface area contributed by atoms with E-state index in [0.29, 0.717) is 24.3 Å². The van der Waals surface area contributed by atoms with Gasteiger partial charge >= 0.3 is 5.97 Å². The molecule has 2 N–H and O–H groups in total. The summed E-state index contributed by atoms with van der Waals surface area (Å²) in [5.74, 6) is 0.203. The van der Waals surface area contributed by atoms with E-state index in [-0.39, 0.29) is 5.91 Å². The Morgan fingerprint density at radius 2 is 1.86 bits per heavy atom. The van der Waals surface area contributed by atoms with Gasteiger partial charge in [-0.1, -0.05) is 75.3 Å². The molecule has 36 heavy (non-hydrogen) atoms. The SMILES string of the molecule is CSCC[C@H](NC(=O)c1ccc(COCCCCC2CCCCC2)cc1-c1ccccc1C)C(=O)O. The van der Waals surface area contributed by atoms with Gasteiger partial charge in [-0.15, -0.1) is 0 Å². The van der Waals surface area contributed by atoms with E-state index in [9.17, 15) is 14.7 Å². The summed E-state index contributed by atoms with van der Waals surface area (Å²) in [6.07, 6.45) is 12.9. The topological polar surface area (TPSA) is 75.6 Å². The van der Waals surface area contributed by atoms with Crippen LogP contribution in [0.2, 0.25) is 0 Å². The standard InChI is InChI=1S/C30H41NO4S/c1-22-10-6-7-14-25(22)27-20-24(21-35-18-9-8-13-23-11-4-3-5-12-23)15-16-26(27)29(32)31-28(30(33)34)17-19-36-2/h6-7,10,14-16,20,23,28H,3-5,8-9,11-13,17-19,21H2,1-2H3,(H,31,32)(H,33,34)/t28-/m0/s1. The molecule has 1 atom stereocenters. The molecule has 0 heterocycles. The summed E-state index contributed by atoms with van der Waals surface area (Å²) in [6, 6.07) is 12.8. The number of carboxylic acids is 1. The molecule has 0 radical (unpaired) electrons. The van der Waals surface area contributed by atoms with Crippen LogP contribution in [-0.2, 0) is 16.1 Å². The highest BCUT2D eigenvalue weighted by Crippen LogP contribution is 2.29. The molecule has 1 saturated carbocycles. The maximum atomic E-state index is 13.2. The average Bonchev–Trinajstić information content (AvgIpc) is 2.89. The van der Waals surface area contributed by atoms with E-state index >= 15 is 0 Å². The summed E-state index contributed by atoms with van der Waals surface area (Å²) in [5.41, 5.74) is 4.32. The third-order valence-electron chi connectivity index (χ3n) is 7.12. The summed E-state index contributed by atoms with van der Waals surface area (Å²) < 4.78 is 5.99. The number of ether oxygens (including phenoxy) is 1. The van der Waals surface area contributed by atoms with Gasteiger partial charge in [-0.2, -0.15) is 11.8 Å². The molecule has 0 saturated heterocycles.